The molecule has 0 aliphatic rings. The molecule has 0 aromatic heterocycles. The van der Waals surface area contributed by atoms with Crippen molar-refractivity contribution in [3.05, 3.63) is 0 Å². The van der Waals surface area contributed by atoms with Crippen molar-refractivity contribution >= 4 is 70.9 Å². The van der Waals surface area contributed by atoms with Crippen molar-refractivity contribution in [3.63, 3.8) is 0 Å². The third-order valence-corrected chi connectivity index (χ3v) is 12.5. The summed E-state index contributed by atoms with van der Waals surface area (Å²) in [6.07, 6.45) is 0.594. The van der Waals surface area contributed by atoms with Gasteiger partial charge in [0.1, 0.15) is 0 Å². The number of thioether (sulfide) groups is 4. The molecule has 0 aromatic carbocycles. The van der Waals surface area contributed by atoms with Crippen molar-refractivity contribution < 1.29 is 70.2 Å². The van der Waals surface area contributed by atoms with Gasteiger partial charge in [-0.25, -0.2) is 0 Å². The van der Waals surface area contributed by atoms with Gasteiger partial charge in [-0.2, -0.15) is 0 Å². The van der Waals surface area contributed by atoms with Crippen molar-refractivity contribution in [1.82, 2.24) is 0 Å². The van der Waals surface area contributed by atoms with Crippen molar-refractivity contribution in [2.75, 3.05) is 62.7 Å². The van der Waals surface area contributed by atoms with Crippen LogP contribution in [0.3, 0.4) is 0 Å². The lowest BCUT2D eigenvalue weighted by Gasteiger charge is -2.50. The minimum absolute atomic E-state index is 0.156. The van der Waals surface area contributed by atoms with Crippen LogP contribution in [0.15, 0.2) is 0 Å². The van der Waals surface area contributed by atoms with Crippen LogP contribution in [0.4, 0.5) is 0 Å². The molecule has 224 valence electrons. The first-order valence-corrected chi connectivity index (χ1v) is 14.8. The molecule has 0 heterocycles. The molecule has 0 saturated heterocycles. The van der Waals surface area contributed by atoms with Crippen LogP contribution in [-0.4, -0.2) is 146 Å². The van der Waals surface area contributed by atoms with Crippen LogP contribution in [-0.2, 0) is 19.2 Å². The van der Waals surface area contributed by atoms with E-state index in [1.165, 1.54) is 0 Å². The monoisotopic (exact) mass is 628 g/mol. The minimum Gasteiger partial charge on any atom is -0.481 e. The van der Waals surface area contributed by atoms with Gasteiger partial charge in [-0.05, 0) is 6.42 Å². The molecule has 0 bridgehead atoms. The van der Waals surface area contributed by atoms with E-state index in [-0.39, 0.29) is 19.8 Å². The fourth-order valence-electron chi connectivity index (χ4n) is 2.60. The van der Waals surface area contributed by atoms with Crippen molar-refractivity contribution in [1.29, 1.82) is 0 Å². The Labute approximate surface area is 236 Å². The topological polar surface area (TPSA) is 271 Å². The zero-order valence-corrected chi connectivity index (χ0v) is 23.9. The van der Waals surface area contributed by atoms with E-state index in [1.54, 1.807) is 0 Å². The zero-order valence-electron chi connectivity index (χ0n) is 20.6. The molecule has 0 unspecified atom stereocenters. The Bertz CT molecular complexity index is 669. The lowest BCUT2D eigenvalue weighted by Crippen LogP contribution is -2.57. The summed E-state index contributed by atoms with van der Waals surface area (Å²) in [6.45, 7) is -1.32. The number of hydrogen-bond donors (Lipinski definition) is 10. The third kappa shape index (κ3) is 12.5. The molecule has 0 atom stereocenters. The number of rotatable bonds is 21. The smallest absolute Gasteiger partial charge is 0.313 e. The van der Waals surface area contributed by atoms with Crippen LogP contribution in [0.5, 0.6) is 0 Å². The number of aliphatic hydroxyl groups is 6. The number of aliphatic carboxylic acids is 4. The molecule has 0 saturated carbocycles. The van der Waals surface area contributed by atoms with Gasteiger partial charge in [0.25, 0.3) is 0 Å². The van der Waals surface area contributed by atoms with Crippen LogP contribution in [0, 0.1) is 10.8 Å². The molecule has 0 aliphatic heterocycles. The lowest BCUT2D eigenvalue weighted by molar-refractivity contribution is -0.135. The highest BCUT2D eigenvalue weighted by atomic mass is 32.2. The highest BCUT2D eigenvalue weighted by Crippen LogP contribution is 2.58. The van der Waals surface area contributed by atoms with Gasteiger partial charge in [0.15, 0.2) is 0 Å². The Balaban J connectivity index is 0. The van der Waals surface area contributed by atoms with E-state index in [0.29, 0.717) is 53.5 Å². The van der Waals surface area contributed by atoms with Gasteiger partial charge in [0.2, 0.25) is 0 Å². The van der Waals surface area contributed by atoms with E-state index in [4.69, 9.17) is 35.7 Å². The summed E-state index contributed by atoms with van der Waals surface area (Å²) in [5.41, 5.74) is -2.52. The maximum atomic E-state index is 11.2. The summed E-state index contributed by atoms with van der Waals surface area (Å²) in [5.74, 6) is -7.51. The summed E-state index contributed by atoms with van der Waals surface area (Å²) >= 11 is 2.60. The van der Waals surface area contributed by atoms with Gasteiger partial charge in [0.05, 0.1) is 76.7 Å². The largest absolute Gasteiger partial charge is 0.481 e. The first kappa shape index (κ1) is 39.2. The second kappa shape index (κ2) is 20.0. The number of carboxylic acids is 4. The van der Waals surface area contributed by atoms with Gasteiger partial charge < -0.3 is 51.1 Å². The molecule has 0 radical (unpaired) electrons. The summed E-state index contributed by atoms with van der Waals surface area (Å²) in [5, 5.41) is 92.1. The molecule has 0 fully saturated rings. The van der Waals surface area contributed by atoms with E-state index in [2.05, 4.69) is 0 Å². The van der Waals surface area contributed by atoms with Gasteiger partial charge in [-0.15, -0.1) is 47.0 Å². The van der Waals surface area contributed by atoms with Crippen molar-refractivity contribution in [2.45, 2.75) is 22.0 Å². The molecule has 0 aliphatic carbocycles. The second-order valence-corrected chi connectivity index (χ2v) is 13.0. The van der Waals surface area contributed by atoms with Crippen LogP contribution < -0.4 is 0 Å². The van der Waals surface area contributed by atoms with Gasteiger partial charge in [-0.3, -0.25) is 19.2 Å². The minimum atomic E-state index is -1.85. The molecular formula is C20H36O14S4. The first-order chi connectivity index (χ1) is 17.7. The highest BCUT2D eigenvalue weighted by molar-refractivity contribution is 8.24. The molecule has 0 amide bonds. The zero-order chi connectivity index (χ0) is 30.0. The van der Waals surface area contributed by atoms with E-state index in [1.807, 2.05) is 6.92 Å². The van der Waals surface area contributed by atoms with E-state index in [9.17, 15) is 34.5 Å². The molecular weight excluding hydrogens is 592 g/mol. The lowest BCUT2D eigenvalue weighted by atomic mass is 9.86. The fourth-order valence-corrected chi connectivity index (χ4v) is 9.19. The standard InChI is InChI=1S/C14H22O11S4.C6H14O3/c15-5-13(6-16,7-17)14(28-3-10(22)23,29-4-11(24)25)12(26-1-8(18)19)27-2-9(20)21;1-2-6(3-7,4-8)5-9/h12,15-17H,1-7H2,(H,18,19)(H,20,21)(H,22,23)(H,24,25);7-9H,2-5H2,1H3. The van der Waals surface area contributed by atoms with Gasteiger partial charge >= 0.3 is 23.9 Å². The summed E-state index contributed by atoms with van der Waals surface area (Å²) in [7, 11) is 0. The van der Waals surface area contributed by atoms with Crippen molar-refractivity contribution in [2.24, 2.45) is 10.8 Å². The van der Waals surface area contributed by atoms with E-state index in [0.717, 1.165) is 0 Å². The Morgan fingerprint density at radius 3 is 1.08 bits per heavy atom. The Morgan fingerprint density at radius 1 is 0.579 bits per heavy atom. The van der Waals surface area contributed by atoms with E-state index < -0.39 is 86.2 Å². The molecule has 0 rings (SSSR count). The highest BCUT2D eigenvalue weighted by Gasteiger charge is 2.57. The Hall–Kier alpha value is -0.960. The predicted octanol–water partition coefficient (Wildman–Crippen LogP) is -1.40. The van der Waals surface area contributed by atoms with Gasteiger partial charge in [0, 0.05) is 5.41 Å². The van der Waals surface area contributed by atoms with Crippen LogP contribution in [0.1, 0.15) is 13.3 Å². The second-order valence-electron chi connectivity index (χ2n) is 7.86. The maximum absolute atomic E-state index is 11.2. The Kier molecular flexibility index (Phi) is 20.6. The first-order valence-electron chi connectivity index (χ1n) is 10.8. The normalized spacial score (nSPS) is 12.1. The van der Waals surface area contributed by atoms with Crippen molar-refractivity contribution in [3.8, 4) is 0 Å². The fraction of sp³-hybridized carbons (Fsp3) is 0.800. The number of aliphatic hydroxyl groups excluding tert-OH is 6. The van der Waals surface area contributed by atoms with Gasteiger partial charge in [-0.1, -0.05) is 6.92 Å². The average Bonchev–Trinajstić information content (AvgIpc) is 2.88. The number of carboxylic acid groups (broad SMARTS) is 4. The molecule has 14 nitrogen and oxygen atoms in total. The SMILES string of the molecule is CCC(CO)(CO)CO.O=C(O)CSC(SCC(=O)O)C(SCC(=O)O)(SCC(=O)O)C(CO)(CO)CO. The molecule has 18 heteroatoms. The predicted molar refractivity (Wildman–Crippen MR) is 145 cm³/mol. The molecule has 38 heavy (non-hydrogen) atoms. The summed E-state index contributed by atoms with van der Waals surface area (Å²) in [4.78, 5) is 44.5. The van der Waals surface area contributed by atoms with Crippen LogP contribution in [0.2, 0.25) is 0 Å². The summed E-state index contributed by atoms with van der Waals surface area (Å²) < 4.78 is -2.88. The summed E-state index contributed by atoms with van der Waals surface area (Å²) in [6, 6.07) is 0. The molecule has 10 N–H and O–H groups in total. The molecule has 0 spiro atoms. The third-order valence-electron chi connectivity index (χ3n) is 5.25. The maximum Gasteiger partial charge on any atom is 0.313 e. The van der Waals surface area contributed by atoms with Crippen LogP contribution in [0.25, 0.3) is 0 Å². The quantitative estimate of drug-likeness (QED) is 0.0655. The number of carbonyl (C=O) groups is 4. The number of hydrogen-bond acceptors (Lipinski definition) is 14. The van der Waals surface area contributed by atoms with E-state index >= 15 is 0 Å². The average molecular weight is 629 g/mol. The molecule has 0 aromatic rings. The van der Waals surface area contributed by atoms with Crippen LogP contribution >= 0.6 is 47.0 Å². The Morgan fingerprint density at radius 2 is 0.895 bits per heavy atom.